The van der Waals surface area contributed by atoms with Gasteiger partial charge in [0.05, 0.1) is 19.3 Å². The largest absolute Gasteiger partial charge is 0.396 e. The van der Waals surface area contributed by atoms with E-state index in [0.29, 0.717) is 35.1 Å². The van der Waals surface area contributed by atoms with E-state index in [1.165, 1.54) is 24.3 Å². The van der Waals surface area contributed by atoms with Crippen LogP contribution in [-0.4, -0.2) is 93.0 Å². The van der Waals surface area contributed by atoms with Crippen LogP contribution in [0.1, 0.15) is 68.4 Å². The molecule has 296 valence electrons. The van der Waals surface area contributed by atoms with E-state index in [9.17, 15) is 14.7 Å². The molecular weight excluding hydrogens is 684 g/mol. The summed E-state index contributed by atoms with van der Waals surface area (Å²) in [5.74, 6) is -0.227. The fraction of sp³-hybridized carbons (Fsp3) is 0.535. The third-order valence-corrected chi connectivity index (χ3v) is 11.4. The Balaban J connectivity index is 0.000000562. The van der Waals surface area contributed by atoms with E-state index >= 15 is 4.39 Å². The summed E-state index contributed by atoms with van der Waals surface area (Å²) in [6.45, 7) is 9.89. The normalized spacial score (nSPS) is 23.0. The number of amides is 2. The van der Waals surface area contributed by atoms with E-state index in [4.69, 9.17) is 16.3 Å². The quantitative estimate of drug-likeness (QED) is 0.181. The van der Waals surface area contributed by atoms with Crippen molar-refractivity contribution in [3.8, 4) is 11.1 Å². The molecule has 11 heteroatoms. The summed E-state index contributed by atoms with van der Waals surface area (Å²) in [7, 11) is 7.64. The lowest BCUT2D eigenvalue weighted by Crippen LogP contribution is -2.45. The van der Waals surface area contributed by atoms with Gasteiger partial charge in [-0.3, -0.25) is 14.4 Å². The molecule has 2 aliphatic rings. The molecule has 1 aliphatic heterocycles. The average Bonchev–Trinajstić information content (AvgIpc) is 3.49. The zero-order chi connectivity index (χ0) is 39.7. The maximum Gasteiger partial charge on any atom is 0.251 e. The molecule has 5 rings (SSSR count). The van der Waals surface area contributed by atoms with Gasteiger partial charge in [-0.05, 0) is 73.5 Å². The lowest BCUT2D eigenvalue weighted by molar-refractivity contribution is -0.172. The Morgan fingerprint density at radius 2 is 1.76 bits per heavy atom. The van der Waals surface area contributed by atoms with Crippen LogP contribution in [-0.2, 0) is 22.6 Å². The molecule has 6 atom stereocenters. The molecule has 1 heterocycles. The molecule has 1 saturated carbocycles. The van der Waals surface area contributed by atoms with Crippen molar-refractivity contribution in [2.24, 2.45) is 34.6 Å². The van der Waals surface area contributed by atoms with Gasteiger partial charge in [-0.2, -0.15) is 5.06 Å². The molecule has 3 aromatic carbocycles. The van der Waals surface area contributed by atoms with E-state index in [1.807, 2.05) is 74.4 Å². The Hall–Kier alpha value is -3.87. The van der Waals surface area contributed by atoms with Crippen LogP contribution in [0.3, 0.4) is 0 Å². The molecule has 0 spiro atoms. The molecule has 6 N–H and O–H groups in total. The highest BCUT2D eigenvalue weighted by Crippen LogP contribution is 2.43. The summed E-state index contributed by atoms with van der Waals surface area (Å²) in [6.07, 6.45) is 4.36. The zero-order valence-corrected chi connectivity index (χ0v) is 33.5. The predicted molar refractivity (Wildman–Crippen MR) is 215 cm³/mol. The summed E-state index contributed by atoms with van der Waals surface area (Å²) < 4.78 is 16.2. The Labute approximate surface area is 322 Å². The van der Waals surface area contributed by atoms with Gasteiger partial charge >= 0.3 is 0 Å². The lowest BCUT2D eigenvalue weighted by atomic mass is 9.65. The van der Waals surface area contributed by atoms with Gasteiger partial charge in [0.25, 0.3) is 5.91 Å². The smallest absolute Gasteiger partial charge is 0.251 e. The van der Waals surface area contributed by atoms with Crippen molar-refractivity contribution in [1.29, 1.82) is 0 Å². The lowest BCUT2D eigenvalue weighted by Gasteiger charge is -2.40. The third kappa shape index (κ3) is 10.9. The van der Waals surface area contributed by atoms with E-state index in [2.05, 4.69) is 33.0 Å². The summed E-state index contributed by atoms with van der Waals surface area (Å²) in [4.78, 5) is 35.6. The van der Waals surface area contributed by atoms with Crippen LogP contribution < -0.4 is 21.7 Å². The Kier molecular flexibility index (Phi) is 15.2. The van der Waals surface area contributed by atoms with Crippen LogP contribution in [0.2, 0.25) is 0 Å². The standard InChI is InChI=1S/C33H43FN6O4.C10H20/c1-38(2)19-25(13-21-9-6-5-7-10-21)37-33(43)24-14-23(15-26(16-24)39(3)4)27-12-8-11-22(30(27)34)18-40-31(32(36)42)28(20-41)29(17-35)44-40;1-8-6-5-7-10(3,4)9(8)2/h5-12,14-16,25,28-29,31,41H,13,17-20,35H2,1-4H3,(H2,36,42)(H,37,43);8-9H,5-7H2,1-4H3/t;8?,9-/m.0/s1. The summed E-state index contributed by atoms with van der Waals surface area (Å²) in [6, 6.07) is 19.1. The second kappa shape index (κ2) is 19.1. The minimum Gasteiger partial charge on any atom is -0.396 e. The number of hydrogen-bond acceptors (Lipinski definition) is 8. The Morgan fingerprint density at radius 3 is 2.33 bits per heavy atom. The number of aliphatic hydroxyl groups excluding tert-OH is 1. The number of primary amides is 1. The number of benzene rings is 3. The molecule has 2 fully saturated rings. The number of nitrogens with two attached hydrogens (primary N) is 2. The number of rotatable bonds is 13. The van der Waals surface area contributed by atoms with Crippen LogP contribution in [0.25, 0.3) is 11.1 Å². The maximum absolute atomic E-state index is 16.2. The number of anilines is 1. The predicted octanol–water partition coefficient (Wildman–Crippen LogP) is 5.47. The van der Waals surface area contributed by atoms with Crippen molar-refractivity contribution in [1.82, 2.24) is 15.3 Å². The fourth-order valence-corrected chi connectivity index (χ4v) is 7.80. The van der Waals surface area contributed by atoms with Crippen LogP contribution in [0.15, 0.2) is 66.7 Å². The first-order chi connectivity index (χ1) is 25.6. The number of carbonyl (C=O) groups excluding carboxylic acids is 2. The van der Waals surface area contributed by atoms with Crippen molar-refractivity contribution < 1.29 is 23.9 Å². The van der Waals surface area contributed by atoms with E-state index < -0.39 is 29.8 Å². The molecule has 10 nitrogen and oxygen atoms in total. The van der Waals surface area contributed by atoms with Gasteiger partial charge in [0.1, 0.15) is 11.9 Å². The highest BCUT2D eigenvalue weighted by molar-refractivity contribution is 5.97. The fourth-order valence-electron chi connectivity index (χ4n) is 7.80. The molecule has 1 aliphatic carbocycles. The monoisotopic (exact) mass is 746 g/mol. The van der Waals surface area contributed by atoms with Gasteiger partial charge in [0.2, 0.25) is 5.91 Å². The van der Waals surface area contributed by atoms with Crippen molar-refractivity contribution in [2.45, 2.75) is 78.1 Å². The van der Waals surface area contributed by atoms with E-state index in [-0.39, 0.29) is 37.2 Å². The first-order valence-electron chi connectivity index (χ1n) is 19.2. The molecule has 54 heavy (non-hydrogen) atoms. The number of hydrogen-bond donors (Lipinski definition) is 4. The topological polar surface area (TPSA) is 137 Å². The van der Waals surface area contributed by atoms with E-state index in [1.54, 1.807) is 30.3 Å². The van der Waals surface area contributed by atoms with Gasteiger partial charge in [-0.15, -0.1) is 0 Å². The minimum atomic E-state index is -0.963. The Bertz CT molecular complexity index is 1690. The van der Waals surface area contributed by atoms with Crippen LogP contribution in [0, 0.1) is 29.0 Å². The van der Waals surface area contributed by atoms with Gasteiger partial charge < -0.3 is 31.7 Å². The van der Waals surface area contributed by atoms with Crippen LogP contribution in [0.5, 0.6) is 0 Å². The average molecular weight is 747 g/mol. The maximum atomic E-state index is 16.2. The van der Waals surface area contributed by atoms with Crippen molar-refractivity contribution in [2.75, 3.05) is 52.8 Å². The van der Waals surface area contributed by atoms with Gasteiger partial charge in [0, 0.05) is 61.5 Å². The summed E-state index contributed by atoms with van der Waals surface area (Å²) >= 11 is 0. The molecule has 0 aromatic heterocycles. The van der Waals surface area contributed by atoms with E-state index in [0.717, 1.165) is 23.1 Å². The zero-order valence-electron chi connectivity index (χ0n) is 33.5. The molecule has 0 radical (unpaired) electrons. The third-order valence-electron chi connectivity index (χ3n) is 11.4. The molecule has 5 unspecified atom stereocenters. The summed E-state index contributed by atoms with van der Waals surface area (Å²) in [5.41, 5.74) is 15.4. The number of aliphatic hydroxyl groups is 1. The van der Waals surface area contributed by atoms with Crippen molar-refractivity contribution in [3.63, 3.8) is 0 Å². The number of hydroxylamine groups is 2. The van der Waals surface area contributed by atoms with Gasteiger partial charge in [0.15, 0.2) is 0 Å². The first kappa shape index (κ1) is 42.9. The second-order valence-corrected chi connectivity index (χ2v) is 16.4. The number of likely N-dealkylation sites (N-methyl/N-ethyl adjacent to an activating group) is 1. The number of nitrogens with one attached hydrogen (secondary N) is 1. The van der Waals surface area contributed by atoms with Crippen LogP contribution in [0.4, 0.5) is 10.1 Å². The second-order valence-electron chi connectivity index (χ2n) is 16.4. The molecule has 3 aromatic rings. The first-order valence-corrected chi connectivity index (χ1v) is 19.2. The molecule has 0 bridgehead atoms. The summed E-state index contributed by atoms with van der Waals surface area (Å²) in [5, 5.41) is 14.3. The molecular formula is C43H63FN6O4. The highest BCUT2D eigenvalue weighted by atomic mass is 19.1. The number of carbonyl (C=O) groups is 2. The number of halogens is 1. The molecule has 2 amide bonds. The van der Waals surface area contributed by atoms with Crippen LogP contribution >= 0.6 is 0 Å². The van der Waals surface area contributed by atoms with Gasteiger partial charge in [-0.1, -0.05) is 89.1 Å². The van der Waals surface area contributed by atoms with Crippen molar-refractivity contribution in [3.05, 3.63) is 89.2 Å². The minimum absolute atomic E-state index is 0.0664. The Morgan fingerprint density at radius 1 is 1.06 bits per heavy atom. The molecule has 1 saturated heterocycles. The van der Waals surface area contributed by atoms with Crippen molar-refractivity contribution >= 4 is 17.5 Å². The number of nitrogens with zero attached hydrogens (tertiary/aromatic N) is 3. The van der Waals surface area contributed by atoms with Gasteiger partial charge in [-0.25, -0.2) is 4.39 Å². The highest BCUT2D eigenvalue weighted by Gasteiger charge is 2.45. The SMILES string of the molecule is CC1CCCC(C)(C)[C@H]1C.CN(C)CC(Cc1ccccc1)NC(=O)c1cc(-c2cccc(CN3OC(CN)C(CO)C3C(N)=O)c2F)cc(N(C)C)c1.